The number of esters is 1. The van der Waals surface area contributed by atoms with E-state index in [0.717, 1.165) is 38.6 Å². The number of fused-ring (bicyclic) bond motifs is 1. The fourth-order valence-electron chi connectivity index (χ4n) is 4.10. The van der Waals surface area contributed by atoms with E-state index in [-0.39, 0.29) is 29.9 Å². The number of anilines is 1. The number of carbonyl (C=O) groups is 1. The Balaban J connectivity index is 1.13. The van der Waals surface area contributed by atoms with Crippen molar-refractivity contribution in [1.82, 2.24) is 10.3 Å². The van der Waals surface area contributed by atoms with Gasteiger partial charge in [0.05, 0.1) is 17.2 Å². The highest BCUT2D eigenvalue weighted by Crippen LogP contribution is 2.28. The standard InChI is InChI=1S/C24H36N4O7/c1-24(2)33-17-18(34-24)16-32-21(29)12-10-8-6-4-3-5-7-9-11-15-25-19-13-14-20(28(30)31)23-22(19)26-35-27-23/h13-14,18,25H,3-12,15-17H2,1-2H3/t18-/m0/s1. The molecule has 0 spiro atoms. The molecule has 194 valence electrons. The second-order valence-corrected chi connectivity index (χ2v) is 9.34. The van der Waals surface area contributed by atoms with E-state index in [4.69, 9.17) is 14.2 Å². The van der Waals surface area contributed by atoms with Crippen molar-refractivity contribution >= 4 is 28.4 Å². The smallest absolute Gasteiger partial charge is 0.305 e. The minimum absolute atomic E-state index is 0.110. The van der Waals surface area contributed by atoms with Crippen LogP contribution in [0.5, 0.6) is 0 Å². The number of carbonyl (C=O) groups excluding carboxylic acids is 1. The molecule has 1 aromatic heterocycles. The van der Waals surface area contributed by atoms with Crippen molar-refractivity contribution in [2.24, 2.45) is 0 Å². The SMILES string of the molecule is CC1(C)OC[C@H](COC(=O)CCCCCCCCCCCNc2ccc([N+](=O)[O-])c3nonc23)O1. The van der Waals surface area contributed by atoms with Crippen molar-refractivity contribution < 1.29 is 28.6 Å². The van der Waals surface area contributed by atoms with E-state index in [1.807, 2.05) is 13.8 Å². The Morgan fingerprint density at radius 3 is 2.40 bits per heavy atom. The lowest BCUT2D eigenvalue weighted by Crippen LogP contribution is -2.25. The van der Waals surface area contributed by atoms with Crippen LogP contribution in [0.2, 0.25) is 0 Å². The molecular weight excluding hydrogens is 456 g/mol. The molecule has 1 fully saturated rings. The number of nitro benzene ring substituents is 1. The fraction of sp³-hybridized carbons (Fsp3) is 0.708. The van der Waals surface area contributed by atoms with E-state index in [9.17, 15) is 14.9 Å². The molecule has 0 aliphatic carbocycles. The number of nitrogens with one attached hydrogen (secondary N) is 1. The zero-order chi connectivity index (χ0) is 25.1. The number of aromatic nitrogens is 2. The number of nitro groups is 1. The van der Waals surface area contributed by atoms with Crippen LogP contribution in [0, 0.1) is 10.1 Å². The average Bonchev–Trinajstić information content (AvgIpc) is 3.44. The number of rotatable bonds is 16. The summed E-state index contributed by atoms with van der Waals surface area (Å²) in [6, 6.07) is 3.06. The van der Waals surface area contributed by atoms with Crippen LogP contribution in [0.25, 0.3) is 11.0 Å². The van der Waals surface area contributed by atoms with Crippen LogP contribution in [0.3, 0.4) is 0 Å². The lowest BCUT2D eigenvalue weighted by molar-refractivity contribution is -0.383. The molecule has 0 radical (unpaired) electrons. The Kier molecular flexibility index (Phi) is 10.2. The van der Waals surface area contributed by atoms with Gasteiger partial charge in [-0.15, -0.1) is 0 Å². The Labute approximate surface area is 205 Å². The molecule has 2 heterocycles. The van der Waals surface area contributed by atoms with Gasteiger partial charge in [0.15, 0.2) is 11.3 Å². The zero-order valence-corrected chi connectivity index (χ0v) is 20.6. The van der Waals surface area contributed by atoms with Gasteiger partial charge in [-0.25, -0.2) is 4.63 Å². The molecule has 3 rings (SSSR count). The topological polar surface area (TPSA) is 139 Å². The van der Waals surface area contributed by atoms with Gasteiger partial charge in [0.25, 0.3) is 0 Å². The molecule has 0 bridgehead atoms. The highest BCUT2D eigenvalue weighted by atomic mass is 16.7. The fourth-order valence-corrected chi connectivity index (χ4v) is 4.10. The molecule has 0 unspecified atom stereocenters. The van der Waals surface area contributed by atoms with E-state index in [2.05, 4.69) is 20.3 Å². The van der Waals surface area contributed by atoms with Crippen LogP contribution < -0.4 is 5.32 Å². The summed E-state index contributed by atoms with van der Waals surface area (Å²) in [5.74, 6) is -0.756. The van der Waals surface area contributed by atoms with Crippen molar-refractivity contribution in [3.8, 4) is 0 Å². The summed E-state index contributed by atoms with van der Waals surface area (Å²) in [5, 5.41) is 21.7. The first-order valence-corrected chi connectivity index (χ1v) is 12.5. The summed E-state index contributed by atoms with van der Waals surface area (Å²) in [5.41, 5.74) is 1.13. The zero-order valence-electron chi connectivity index (χ0n) is 20.6. The molecule has 1 aliphatic rings. The summed E-state index contributed by atoms with van der Waals surface area (Å²) in [6.45, 7) is 5.18. The van der Waals surface area contributed by atoms with E-state index < -0.39 is 10.7 Å². The van der Waals surface area contributed by atoms with Crippen LogP contribution >= 0.6 is 0 Å². The molecule has 11 nitrogen and oxygen atoms in total. The maximum Gasteiger partial charge on any atom is 0.305 e. The third-order valence-corrected chi connectivity index (χ3v) is 5.96. The molecule has 1 aliphatic heterocycles. The molecule has 1 aromatic carbocycles. The second-order valence-electron chi connectivity index (χ2n) is 9.34. The molecule has 35 heavy (non-hydrogen) atoms. The van der Waals surface area contributed by atoms with Gasteiger partial charge in [-0.05, 0) is 43.1 Å². The van der Waals surface area contributed by atoms with E-state index in [0.29, 0.717) is 24.2 Å². The predicted octanol–water partition coefficient (Wildman–Crippen LogP) is 5.14. The van der Waals surface area contributed by atoms with Crippen LogP contribution in [0.15, 0.2) is 16.8 Å². The quantitative estimate of drug-likeness (QED) is 0.145. The lowest BCUT2D eigenvalue weighted by atomic mass is 10.1. The van der Waals surface area contributed by atoms with Gasteiger partial charge in [0, 0.05) is 19.0 Å². The molecule has 1 saturated heterocycles. The predicted molar refractivity (Wildman–Crippen MR) is 129 cm³/mol. The van der Waals surface area contributed by atoms with Crippen molar-refractivity contribution in [3.05, 3.63) is 22.2 Å². The minimum atomic E-state index is -0.591. The van der Waals surface area contributed by atoms with Gasteiger partial charge in [-0.2, -0.15) is 0 Å². The summed E-state index contributed by atoms with van der Waals surface area (Å²) < 4.78 is 21.0. The maximum atomic E-state index is 11.8. The number of unbranched alkanes of at least 4 members (excludes halogenated alkanes) is 8. The summed E-state index contributed by atoms with van der Waals surface area (Å²) >= 11 is 0. The minimum Gasteiger partial charge on any atom is -0.463 e. The molecule has 2 aromatic rings. The molecule has 0 saturated carbocycles. The van der Waals surface area contributed by atoms with E-state index in [1.54, 1.807) is 6.07 Å². The number of ether oxygens (including phenoxy) is 3. The Bertz CT molecular complexity index is 962. The summed E-state index contributed by atoms with van der Waals surface area (Å²) in [7, 11) is 0. The van der Waals surface area contributed by atoms with Crippen molar-refractivity contribution in [1.29, 1.82) is 0 Å². The van der Waals surface area contributed by atoms with Gasteiger partial charge in [0.1, 0.15) is 12.7 Å². The van der Waals surface area contributed by atoms with Gasteiger partial charge in [0.2, 0.25) is 5.52 Å². The molecule has 1 N–H and O–H groups in total. The Morgan fingerprint density at radius 2 is 1.74 bits per heavy atom. The molecule has 1 atom stereocenters. The van der Waals surface area contributed by atoms with Crippen molar-refractivity contribution in [3.63, 3.8) is 0 Å². The highest BCUT2D eigenvalue weighted by molar-refractivity contribution is 5.93. The molecule has 11 heteroatoms. The molecular formula is C24H36N4O7. The monoisotopic (exact) mass is 492 g/mol. The molecule has 0 amide bonds. The number of hydrogen-bond donors (Lipinski definition) is 1. The van der Waals surface area contributed by atoms with Gasteiger partial charge in [-0.1, -0.05) is 44.9 Å². The Hall–Kier alpha value is -2.79. The van der Waals surface area contributed by atoms with E-state index >= 15 is 0 Å². The summed E-state index contributed by atoms with van der Waals surface area (Å²) in [6.07, 6.45) is 10.1. The number of non-ortho nitro benzene ring substituents is 1. The van der Waals surface area contributed by atoms with Gasteiger partial charge in [-0.3, -0.25) is 14.9 Å². The number of benzene rings is 1. The summed E-state index contributed by atoms with van der Waals surface area (Å²) in [4.78, 5) is 22.4. The number of hydrogen-bond acceptors (Lipinski definition) is 10. The second kappa shape index (κ2) is 13.3. The third-order valence-electron chi connectivity index (χ3n) is 5.96. The van der Waals surface area contributed by atoms with Crippen LogP contribution in [0.1, 0.15) is 78.1 Å². The first-order chi connectivity index (χ1) is 16.9. The normalized spacial score (nSPS) is 17.0. The average molecular weight is 493 g/mol. The van der Waals surface area contributed by atoms with Crippen LogP contribution in [-0.2, 0) is 19.0 Å². The van der Waals surface area contributed by atoms with Gasteiger partial charge < -0.3 is 19.5 Å². The third kappa shape index (κ3) is 8.74. The van der Waals surface area contributed by atoms with Crippen LogP contribution in [0.4, 0.5) is 11.4 Å². The van der Waals surface area contributed by atoms with Crippen molar-refractivity contribution in [2.75, 3.05) is 25.1 Å². The highest BCUT2D eigenvalue weighted by Gasteiger charge is 2.33. The first-order valence-electron chi connectivity index (χ1n) is 12.5. The lowest BCUT2D eigenvalue weighted by Gasteiger charge is -2.16. The van der Waals surface area contributed by atoms with Crippen molar-refractivity contribution in [2.45, 2.75) is 89.9 Å². The maximum absolute atomic E-state index is 11.8. The first kappa shape index (κ1) is 26.8. The van der Waals surface area contributed by atoms with Gasteiger partial charge >= 0.3 is 11.7 Å². The Morgan fingerprint density at radius 1 is 1.09 bits per heavy atom. The van der Waals surface area contributed by atoms with E-state index in [1.165, 1.54) is 31.7 Å². The number of nitrogens with zero attached hydrogens (tertiary/aromatic N) is 3. The van der Waals surface area contributed by atoms with Crippen LogP contribution in [-0.4, -0.2) is 52.9 Å². The largest absolute Gasteiger partial charge is 0.463 e.